The van der Waals surface area contributed by atoms with Crippen molar-refractivity contribution in [2.45, 2.75) is 34.5 Å². The van der Waals surface area contributed by atoms with Gasteiger partial charge in [-0.1, -0.05) is 48.0 Å². The summed E-state index contributed by atoms with van der Waals surface area (Å²) < 4.78 is 0. The molecular formula is C30H29NOS. The molecular weight excluding hydrogens is 422 g/mol. The van der Waals surface area contributed by atoms with Crippen LogP contribution in [0.4, 0.5) is 5.69 Å². The predicted molar refractivity (Wildman–Crippen MR) is 139 cm³/mol. The van der Waals surface area contributed by atoms with Gasteiger partial charge in [0.15, 0.2) is 5.78 Å². The molecule has 1 unspecified atom stereocenters. The molecule has 1 aliphatic heterocycles. The number of ketones is 1. The van der Waals surface area contributed by atoms with Crippen LogP contribution in [0.25, 0.3) is 0 Å². The van der Waals surface area contributed by atoms with E-state index in [0.29, 0.717) is 0 Å². The van der Waals surface area contributed by atoms with Crippen LogP contribution in [-0.4, -0.2) is 18.9 Å². The minimum absolute atomic E-state index is 0.0665. The molecule has 0 bridgehead atoms. The highest BCUT2D eigenvalue weighted by molar-refractivity contribution is 8.17. The van der Waals surface area contributed by atoms with E-state index in [2.05, 4.69) is 72.5 Å². The van der Waals surface area contributed by atoms with Crippen molar-refractivity contribution in [2.24, 2.45) is 0 Å². The zero-order valence-corrected chi connectivity index (χ0v) is 19.8. The van der Waals surface area contributed by atoms with E-state index < -0.39 is 10.9 Å². The van der Waals surface area contributed by atoms with E-state index in [9.17, 15) is 4.79 Å². The summed E-state index contributed by atoms with van der Waals surface area (Å²) in [5, 5.41) is 0. The summed E-state index contributed by atoms with van der Waals surface area (Å²) in [6.45, 7) is 4.44. The molecule has 0 aliphatic carbocycles. The van der Waals surface area contributed by atoms with E-state index in [0.717, 1.165) is 24.2 Å². The summed E-state index contributed by atoms with van der Waals surface area (Å²) in [6.07, 6.45) is 2.57. The van der Waals surface area contributed by atoms with Crippen LogP contribution in [0.15, 0.2) is 118 Å². The molecule has 1 atom stereocenters. The number of benzene rings is 4. The molecule has 0 aromatic heterocycles. The SMILES string of the molecule is Cc1ccc([SH](c2ccc(C(=O)c3ccccc3)cc2)c2ccc(N3CCCC3)cc2)cc1. The van der Waals surface area contributed by atoms with E-state index in [1.165, 1.54) is 38.8 Å². The Morgan fingerprint density at radius 1 is 0.636 bits per heavy atom. The topological polar surface area (TPSA) is 20.3 Å². The molecule has 166 valence electrons. The van der Waals surface area contributed by atoms with Crippen LogP contribution in [0.1, 0.15) is 34.3 Å². The fourth-order valence-electron chi connectivity index (χ4n) is 4.45. The van der Waals surface area contributed by atoms with Crippen LogP contribution < -0.4 is 4.90 Å². The first kappa shape index (κ1) is 21.5. The normalized spacial score (nSPS) is 14.8. The highest BCUT2D eigenvalue weighted by Crippen LogP contribution is 2.51. The van der Waals surface area contributed by atoms with Crippen molar-refractivity contribution in [2.75, 3.05) is 18.0 Å². The number of rotatable bonds is 6. The zero-order valence-electron chi connectivity index (χ0n) is 18.9. The molecule has 2 nitrogen and oxygen atoms in total. The Bertz CT molecular complexity index is 1210. The summed E-state index contributed by atoms with van der Waals surface area (Å²) >= 11 is 0. The molecule has 1 aliphatic rings. The second-order valence-electron chi connectivity index (χ2n) is 8.62. The number of carbonyl (C=O) groups excluding carboxylic acids is 1. The van der Waals surface area contributed by atoms with Crippen molar-refractivity contribution >= 4 is 22.4 Å². The molecule has 4 aromatic carbocycles. The molecule has 3 heteroatoms. The molecule has 0 spiro atoms. The zero-order chi connectivity index (χ0) is 22.6. The maximum atomic E-state index is 12.9. The first-order chi connectivity index (χ1) is 16.2. The van der Waals surface area contributed by atoms with Crippen molar-refractivity contribution < 1.29 is 4.79 Å². The molecule has 4 aromatic rings. The Morgan fingerprint density at radius 2 is 1.12 bits per heavy atom. The van der Waals surface area contributed by atoms with E-state index >= 15 is 0 Å². The second-order valence-corrected chi connectivity index (χ2v) is 10.8. The average molecular weight is 452 g/mol. The Labute approximate surface area is 199 Å². The van der Waals surface area contributed by atoms with Crippen LogP contribution in [0.5, 0.6) is 0 Å². The third-order valence-corrected chi connectivity index (χ3v) is 8.74. The lowest BCUT2D eigenvalue weighted by molar-refractivity contribution is 0.103. The van der Waals surface area contributed by atoms with Crippen LogP contribution in [0.3, 0.4) is 0 Å². The molecule has 0 amide bonds. The lowest BCUT2D eigenvalue weighted by atomic mass is 10.0. The number of anilines is 1. The number of hydrogen-bond acceptors (Lipinski definition) is 2. The van der Waals surface area contributed by atoms with Gasteiger partial charge in [-0.05, 0) is 95.1 Å². The summed E-state index contributed by atoms with van der Waals surface area (Å²) in [7, 11) is -0.699. The van der Waals surface area contributed by atoms with Gasteiger partial charge in [0, 0.05) is 29.9 Å². The van der Waals surface area contributed by atoms with Gasteiger partial charge in [-0.3, -0.25) is 4.79 Å². The van der Waals surface area contributed by atoms with Crippen LogP contribution in [0, 0.1) is 6.92 Å². The monoisotopic (exact) mass is 451 g/mol. The number of nitrogens with zero attached hydrogens (tertiary/aromatic N) is 1. The Morgan fingerprint density at radius 3 is 1.70 bits per heavy atom. The summed E-state index contributed by atoms with van der Waals surface area (Å²) in [5.74, 6) is 0.0665. The molecule has 33 heavy (non-hydrogen) atoms. The first-order valence-electron chi connectivity index (χ1n) is 11.6. The van der Waals surface area contributed by atoms with Crippen molar-refractivity contribution in [3.8, 4) is 0 Å². The van der Waals surface area contributed by atoms with Crippen LogP contribution in [-0.2, 0) is 0 Å². The third kappa shape index (κ3) is 4.74. The van der Waals surface area contributed by atoms with Crippen LogP contribution in [0.2, 0.25) is 0 Å². The van der Waals surface area contributed by atoms with E-state index in [1.807, 2.05) is 42.5 Å². The number of hydrogen-bond donors (Lipinski definition) is 1. The van der Waals surface area contributed by atoms with Gasteiger partial charge < -0.3 is 4.90 Å². The molecule has 0 radical (unpaired) electrons. The first-order valence-corrected chi connectivity index (χ1v) is 12.9. The fraction of sp³-hybridized carbons (Fsp3) is 0.167. The van der Waals surface area contributed by atoms with Gasteiger partial charge in [0.2, 0.25) is 0 Å². The lowest BCUT2D eigenvalue weighted by Gasteiger charge is -2.25. The van der Waals surface area contributed by atoms with E-state index in [4.69, 9.17) is 0 Å². The minimum Gasteiger partial charge on any atom is -0.372 e. The van der Waals surface area contributed by atoms with Gasteiger partial charge in [0.1, 0.15) is 0 Å². The molecule has 1 saturated heterocycles. The minimum atomic E-state index is -0.699. The third-order valence-electron chi connectivity index (χ3n) is 6.29. The lowest BCUT2D eigenvalue weighted by Crippen LogP contribution is -2.17. The van der Waals surface area contributed by atoms with Crippen molar-refractivity contribution in [1.82, 2.24) is 0 Å². The van der Waals surface area contributed by atoms with Gasteiger partial charge in [0.25, 0.3) is 0 Å². The quantitative estimate of drug-likeness (QED) is 0.245. The van der Waals surface area contributed by atoms with Crippen molar-refractivity contribution in [3.63, 3.8) is 0 Å². The summed E-state index contributed by atoms with van der Waals surface area (Å²) in [6, 6.07) is 35.7. The Hall–Kier alpha value is -3.30. The molecule has 0 N–H and O–H groups in total. The van der Waals surface area contributed by atoms with Gasteiger partial charge in [-0.15, -0.1) is 0 Å². The summed E-state index contributed by atoms with van der Waals surface area (Å²) in [5.41, 5.74) is 4.04. The smallest absolute Gasteiger partial charge is 0.193 e. The molecule has 1 fully saturated rings. The standard InChI is InChI=1S/C30H29NOS/c1-23-9-15-27(16-10-23)33(29-19-13-26(14-20-29)31-21-5-6-22-31)28-17-11-25(12-18-28)30(32)24-7-3-2-4-8-24/h2-4,7-20,33H,5-6,21-22H2,1H3. The average Bonchev–Trinajstić information content (AvgIpc) is 3.42. The summed E-state index contributed by atoms with van der Waals surface area (Å²) in [4.78, 5) is 19.3. The van der Waals surface area contributed by atoms with Gasteiger partial charge in [0.05, 0.1) is 0 Å². The molecule has 5 rings (SSSR count). The maximum Gasteiger partial charge on any atom is 0.193 e. The molecule has 1 heterocycles. The van der Waals surface area contributed by atoms with E-state index in [1.54, 1.807) is 0 Å². The number of aryl methyl sites for hydroxylation is 1. The Balaban J connectivity index is 1.48. The van der Waals surface area contributed by atoms with Gasteiger partial charge in [-0.2, -0.15) is 10.9 Å². The number of thiol groups is 1. The predicted octanol–water partition coefficient (Wildman–Crippen LogP) is 7.30. The second kappa shape index (κ2) is 9.68. The van der Waals surface area contributed by atoms with Gasteiger partial charge >= 0.3 is 0 Å². The van der Waals surface area contributed by atoms with Crippen molar-refractivity contribution in [3.05, 3.63) is 120 Å². The largest absolute Gasteiger partial charge is 0.372 e. The van der Waals surface area contributed by atoms with Crippen molar-refractivity contribution in [1.29, 1.82) is 0 Å². The van der Waals surface area contributed by atoms with Crippen LogP contribution >= 0.6 is 10.9 Å². The maximum absolute atomic E-state index is 12.9. The van der Waals surface area contributed by atoms with E-state index in [-0.39, 0.29) is 5.78 Å². The number of carbonyl (C=O) groups is 1. The molecule has 0 saturated carbocycles. The fourth-order valence-corrected chi connectivity index (χ4v) is 6.68. The highest BCUT2D eigenvalue weighted by atomic mass is 32.2. The highest BCUT2D eigenvalue weighted by Gasteiger charge is 2.17. The Kier molecular flexibility index (Phi) is 6.32. The van der Waals surface area contributed by atoms with Gasteiger partial charge in [-0.25, -0.2) is 0 Å².